The molecule has 4 aliphatic carbocycles. The number of carbonyl (C=O) groups excluding carboxylic acids is 1. The number of amides is 1. The number of carbonyl (C=O) groups is 1. The molecule has 5 rings (SSSR count). The van der Waals surface area contributed by atoms with Gasteiger partial charge in [0.2, 0.25) is 5.91 Å². The Balaban J connectivity index is 1.42. The van der Waals surface area contributed by atoms with Crippen molar-refractivity contribution in [1.29, 1.82) is 0 Å². The molecule has 0 aromatic rings. The van der Waals surface area contributed by atoms with Crippen LogP contribution in [0.2, 0.25) is 0 Å². The van der Waals surface area contributed by atoms with Crippen LogP contribution in [0.1, 0.15) is 112 Å². The molecule has 1 heterocycles. The smallest absolute Gasteiger partial charge is 0.229 e. The number of aliphatic hydroxyl groups is 1. The topological polar surface area (TPSA) is 49.3 Å². The zero-order chi connectivity index (χ0) is 22.2. The van der Waals surface area contributed by atoms with E-state index in [1.165, 1.54) is 44.9 Å². The molecule has 3 heteroatoms. The SMILES string of the molecule is CC(C)CCC[C@@H](C)C1CCC2C3=C(CC[C@@]21C)[C@@]1(C)CC[C@@]2(O)C[C@]1(CC3)C(=O)N2. The molecule has 3 nitrogen and oxygen atoms in total. The van der Waals surface area contributed by atoms with Crippen molar-refractivity contribution in [2.24, 2.45) is 39.9 Å². The molecule has 0 aromatic heterocycles. The fourth-order valence-corrected chi connectivity index (χ4v) is 9.41. The lowest BCUT2D eigenvalue weighted by molar-refractivity contribution is -0.135. The molecule has 2 saturated carbocycles. The number of rotatable bonds is 5. The van der Waals surface area contributed by atoms with Crippen LogP contribution in [0.4, 0.5) is 0 Å². The van der Waals surface area contributed by atoms with Gasteiger partial charge < -0.3 is 10.4 Å². The van der Waals surface area contributed by atoms with Crippen LogP contribution in [0.5, 0.6) is 0 Å². The van der Waals surface area contributed by atoms with E-state index in [2.05, 4.69) is 39.9 Å². The molecule has 2 N–H and O–H groups in total. The van der Waals surface area contributed by atoms with E-state index < -0.39 is 5.72 Å². The van der Waals surface area contributed by atoms with E-state index in [1.54, 1.807) is 11.1 Å². The minimum Gasteiger partial charge on any atom is -0.371 e. The van der Waals surface area contributed by atoms with Gasteiger partial charge in [0, 0.05) is 11.8 Å². The Morgan fingerprint density at radius 2 is 1.81 bits per heavy atom. The van der Waals surface area contributed by atoms with Crippen molar-refractivity contribution in [3.8, 4) is 0 Å². The standard InChI is InChI=1S/C28H45NO2/c1-18(2)7-6-8-19(3)21-9-10-22-20-11-14-27-17-28(31,29-24(27)30)16-15-26(27,5)23(20)12-13-25(21,22)4/h18-19,21-22,31H,6-17H2,1-5H3,(H,29,30)/t19-,21?,22?,25-,26-,27-,28-/m1/s1. The van der Waals surface area contributed by atoms with Crippen molar-refractivity contribution >= 4 is 5.91 Å². The van der Waals surface area contributed by atoms with Crippen molar-refractivity contribution < 1.29 is 9.90 Å². The molecule has 31 heavy (non-hydrogen) atoms. The van der Waals surface area contributed by atoms with Crippen LogP contribution < -0.4 is 5.32 Å². The second-order valence-electron chi connectivity index (χ2n) is 13.1. The van der Waals surface area contributed by atoms with E-state index in [-0.39, 0.29) is 16.7 Å². The van der Waals surface area contributed by atoms with E-state index in [0.29, 0.717) is 18.3 Å². The molecule has 2 bridgehead atoms. The molecule has 3 fully saturated rings. The Morgan fingerprint density at radius 1 is 1.03 bits per heavy atom. The predicted octanol–water partition coefficient (Wildman–Crippen LogP) is 6.36. The maximum Gasteiger partial charge on any atom is 0.229 e. The third-order valence-corrected chi connectivity index (χ3v) is 11.2. The van der Waals surface area contributed by atoms with E-state index in [9.17, 15) is 9.90 Å². The van der Waals surface area contributed by atoms with Gasteiger partial charge in [-0.3, -0.25) is 4.79 Å². The minimum atomic E-state index is -0.943. The van der Waals surface area contributed by atoms with E-state index >= 15 is 0 Å². The lowest BCUT2D eigenvalue weighted by atomic mass is 9.45. The molecule has 1 spiro atoms. The van der Waals surface area contributed by atoms with E-state index in [1.807, 2.05) is 0 Å². The quantitative estimate of drug-likeness (QED) is 0.502. The van der Waals surface area contributed by atoms with Crippen LogP contribution in [0.25, 0.3) is 0 Å². The predicted molar refractivity (Wildman–Crippen MR) is 125 cm³/mol. The molecule has 7 atom stereocenters. The average Bonchev–Trinajstić information content (AvgIpc) is 3.15. The summed E-state index contributed by atoms with van der Waals surface area (Å²) in [5.41, 5.74) is 2.49. The van der Waals surface area contributed by atoms with Crippen LogP contribution in [-0.4, -0.2) is 16.7 Å². The first-order chi connectivity index (χ1) is 14.5. The highest BCUT2D eigenvalue weighted by Gasteiger charge is 2.69. The fraction of sp³-hybridized carbons (Fsp3) is 0.893. The molecule has 1 amide bonds. The zero-order valence-corrected chi connectivity index (χ0v) is 20.7. The number of nitrogens with one attached hydrogen (secondary N) is 1. The summed E-state index contributed by atoms with van der Waals surface area (Å²) in [6.07, 6.45) is 13.7. The van der Waals surface area contributed by atoms with Gasteiger partial charge in [0.15, 0.2) is 0 Å². The molecule has 5 aliphatic rings. The molecule has 2 unspecified atom stereocenters. The van der Waals surface area contributed by atoms with Crippen LogP contribution >= 0.6 is 0 Å². The summed E-state index contributed by atoms with van der Waals surface area (Å²) < 4.78 is 0. The number of allylic oxidation sites excluding steroid dienone is 2. The van der Waals surface area contributed by atoms with Crippen molar-refractivity contribution in [2.75, 3.05) is 0 Å². The first-order valence-corrected chi connectivity index (χ1v) is 13.3. The van der Waals surface area contributed by atoms with E-state index in [4.69, 9.17) is 0 Å². The number of hydrogen-bond donors (Lipinski definition) is 2. The largest absolute Gasteiger partial charge is 0.371 e. The van der Waals surface area contributed by atoms with Gasteiger partial charge in [-0.1, -0.05) is 65.0 Å². The first-order valence-electron chi connectivity index (χ1n) is 13.3. The molecule has 0 radical (unpaired) electrons. The summed E-state index contributed by atoms with van der Waals surface area (Å²) in [6, 6.07) is 0. The Hall–Kier alpha value is -0.830. The van der Waals surface area contributed by atoms with Gasteiger partial charge in [0.05, 0.1) is 5.41 Å². The molecular formula is C28H45NO2. The fourth-order valence-electron chi connectivity index (χ4n) is 9.41. The summed E-state index contributed by atoms with van der Waals surface area (Å²) in [5, 5.41) is 13.9. The van der Waals surface area contributed by atoms with Crippen LogP contribution in [-0.2, 0) is 4.79 Å². The number of fused-ring (bicyclic) bond motifs is 4. The highest BCUT2D eigenvalue weighted by atomic mass is 16.3. The Morgan fingerprint density at radius 3 is 2.55 bits per heavy atom. The normalized spacial score (nSPS) is 47.1. The molecular weight excluding hydrogens is 382 g/mol. The number of hydrogen-bond acceptors (Lipinski definition) is 2. The monoisotopic (exact) mass is 427 g/mol. The van der Waals surface area contributed by atoms with Crippen molar-refractivity contribution in [2.45, 2.75) is 117 Å². The lowest BCUT2D eigenvalue weighted by Crippen LogP contribution is -2.53. The Kier molecular flexibility index (Phi) is 5.02. The third kappa shape index (κ3) is 2.97. The van der Waals surface area contributed by atoms with Crippen LogP contribution in [0, 0.1) is 39.9 Å². The van der Waals surface area contributed by atoms with Gasteiger partial charge in [0.25, 0.3) is 0 Å². The maximum atomic E-state index is 13.2. The van der Waals surface area contributed by atoms with Gasteiger partial charge in [0.1, 0.15) is 5.72 Å². The van der Waals surface area contributed by atoms with Crippen molar-refractivity contribution in [3.05, 3.63) is 11.1 Å². The van der Waals surface area contributed by atoms with Crippen molar-refractivity contribution in [3.63, 3.8) is 0 Å². The average molecular weight is 428 g/mol. The van der Waals surface area contributed by atoms with Gasteiger partial charge >= 0.3 is 0 Å². The van der Waals surface area contributed by atoms with E-state index in [0.717, 1.165) is 42.9 Å². The summed E-state index contributed by atoms with van der Waals surface area (Å²) in [4.78, 5) is 13.2. The van der Waals surface area contributed by atoms with Gasteiger partial charge in [-0.15, -0.1) is 0 Å². The third-order valence-electron chi connectivity index (χ3n) is 11.2. The molecule has 1 aliphatic heterocycles. The van der Waals surface area contributed by atoms with Crippen LogP contribution in [0.3, 0.4) is 0 Å². The second-order valence-corrected chi connectivity index (χ2v) is 13.1. The molecule has 174 valence electrons. The lowest BCUT2D eigenvalue weighted by Gasteiger charge is -2.58. The summed E-state index contributed by atoms with van der Waals surface area (Å²) in [5.74, 6) is 3.37. The Bertz CT molecular complexity index is 801. The summed E-state index contributed by atoms with van der Waals surface area (Å²) in [6.45, 7) is 12.2. The maximum absolute atomic E-state index is 13.2. The van der Waals surface area contributed by atoms with Gasteiger partial charge in [-0.05, 0) is 80.5 Å². The van der Waals surface area contributed by atoms with Crippen LogP contribution in [0.15, 0.2) is 11.1 Å². The molecule has 0 aromatic carbocycles. The minimum absolute atomic E-state index is 0.0459. The second kappa shape index (κ2) is 7.08. The summed E-state index contributed by atoms with van der Waals surface area (Å²) in [7, 11) is 0. The first kappa shape index (κ1) is 22.0. The van der Waals surface area contributed by atoms with Gasteiger partial charge in [-0.25, -0.2) is 0 Å². The highest BCUT2D eigenvalue weighted by Crippen LogP contribution is 2.71. The Labute approximate surface area is 189 Å². The highest BCUT2D eigenvalue weighted by molar-refractivity contribution is 5.88. The zero-order valence-electron chi connectivity index (χ0n) is 20.7. The molecule has 1 saturated heterocycles. The van der Waals surface area contributed by atoms with Crippen molar-refractivity contribution in [1.82, 2.24) is 5.32 Å². The van der Waals surface area contributed by atoms with Gasteiger partial charge in [-0.2, -0.15) is 0 Å². The summed E-state index contributed by atoms with van der Waals surface area (Å²) >= 11 is 0.